The molecule has 0 aliphatic heterocycles. The van der Waals surface area contributed by atoms with Crippen molar-refractivity contribution in [2.45, 2.75) is 0 Å². The van der Waals surface area contributed by atoms with Gasteiger partial charge in [0.25, 0.3) is 0 Å². The third kappa shape index (κ3) is 11.5. The van der Waals surface area contributed by atoms with Gasteiger partial charge in [0.15, 0.2) is 34.9 Å². The fourth-order valence-electron chi connectivity index (χ4n) is 16.3. The van der Waals surface area contributed by atoms with E-state index in [2.05, 4.69) is 297 Å². The van der Waals surface area contributed by atoms with Crippen molar-refractivity contribution in [2.24, 2.45) is 0 Å². The van der Waals surface area contributed by atoms with Gasteiger partial charge in [-0.1, -0.05) is 297 Å². The Balaban J connectivity index is 0.000000141. The number of hydrogen-bond donors (Lipinski definition) is 0. The summed E-state index contributed by atoms with van der Waals surface area (Å²) in [6.45, 7) is 0. The summed E-state index contributed by atoms with van der Waals surface area (Å²) >= 11 is 0. The highest BCUT2D eigenvalue weighted by atomic mass is 15.1. The lowest BCUT2D eigenvalue weighted by atomic mass is 10.0. The molecule has 0 aliphatic carbocycles. The molecule has 16 aromatic carbocycles. The Hall–Kier alpha value is -15.3. The van der Waals surface area contributed by atoms with Gasteiger partial charge in [-0.15, -0.1) is 0 Å². The average molecular weight is 1430 g/mol. The fraction of sp³-hybridized carbons (Fsp3) is 0. The maximum absolute atomic E-state index is 4.99. The number of benzene rings is 16. The number of rotatable bonds is 12. The molecule has 0 aliphatic rings. The van der Waals surface area contributed by atoms with Crippen molar-refractivity contribution in [1.82, 2.24) is 48.2 Å². The minimum Gasteiger partial charge on any atom is -0.309 e. The van der Waals surface area contributed by atoms with Crippen LogP contribution in [0.15, 0.2) is 400 Å². The first-order valence-electron chi connectivity index (χ1n) is 37.7. The molecular formula is C102H66N10. The van der Waals surface area contributed by atoms with E-state index in [0.29, 0.717) is 34.9 Å². The third-order valence-electron chi connectivity index (χ3n) is 21.5. The molecule has 22 rings (SSSR count). The molecule has 0 saturated carbocycles. The van der Waals surface area contributed by atoms with Crippen LogP contribution in [-0.4, -0.2) is 48.2 Å². The molecule has 0 spiro atoms. The van der Waals surface area contributed by atoms with Gasteiger partial charge in [-0.05, 0) is 125 Å². The Morgan fingerprint density at radius 1 is 0.125 bits per heavy atom. The van der Waals surface area contributed by atoms with Gasteiger partial charge in [0.2, 0.25) is 0 Å². The first kappa shape index (κ1) is 65.1. The van der Waals surface area contributed by atoms with Crippen molar-refractivity contribution in [3.05, 3.63) is 400 Å². The highest BCUT2D eigenvalue weighted by Crippen LogP contribution is 2.42. The van der Waals surface area contributed by atoms with Gasteiger partial charge in [0.05, 0.1) is 44.1 Å². The molecule has 0 amide bonds. The highest BCUT2D eigenvalue weighted by molar-refractivity contribution is 6.14. The number of aromatic nitrogens is 10. The van der Waals surface area contributed by atoms with E-state index in [1.165, 1.54) is 81.7 Å². The molecule has 22 aromatic rings. The molecule has 112 heavy (non-hydrogen) atoms. The topological polar surface area (TPSA) is 97.1 Å². The fourth-order valence-corrected chi connectivity index (χ4v) is 16.3. The summed E-state index contributed by atoms with van der Waals surface area (Å²) in [6, 6.07) is 141. The normalized spacial score (nSPS) is 11.6. The van der Waals surface area contributed by atoms with E-state index in [4.69, 9.17) is 29.9 Å². The van der Waals surface area contributed by atoms with Gasteiger partial charge in [0, 0.05) is 99.2 Å². The molecule has 10 nitrogen and oxygen atoms in total. The molecule has 0 fully saturated rings. The van der Waals surface area contributed by atoms with Gasteiger partial charge in [0.1, 0.15) is 0 Å². The van der Waals surface area contributed by atoms with Crippen molar-refractivity contribution in [2.75, 3.05) is 0 Å². The van der Waals surface area contributed by atoms with Crippen LogP contribution in [0.4, 0.5) is 0 Å². The lowest BCUT2D eigenvalue weighted by Gasteiger charge is -2.12. The Bertz CT molecular complexity index is 7130. The van der Waals surface area contributed by atoms with E-state index in [-0.39, 0.29) is 0 Å². The highest BCUT2D eigenvalue weighted by Gasteiger charge is 2.22. The second-order valence-electron chi connectivity index (χ2n) is 28.2. The second kappa shape index (κ2) is 27.5. The maximum atomic E-state index is 4.99. The molecule has 0 atom stereocenters. The van der Waals surface area contributed by atoms with Crippen molar-refractivity contribution in [3.63, 3.8) is 0 Å². The Kier molecular flexibility index (Phi) is 16.0. The molecule has 0 unspecified atom stereocenters. The van der Waals surface area contributed by atoms with Crippen LogP contribution in [-0.2, 0) is 0 Å². The first-order valence-corrected chi connectivity index (χ1v) is 37.7. The number of nitrogens with zero attached hydrogens (tertiary/aromatic N) is 10. The Morgan fingerprint density at radius 2 is 0.348 bits per heavy atom. The summed E-state index contributed by atoms with van der Waals surface area (Å²) in [6.07, 6.45) is 0. The molecule has 6 heterocycles. The van der Waals surface area contributed by atoms with Gasteiger partial charge >= 0.3 is 0 Å². The molecule has 10 heteroatoms. The number of fused-ring (bicyclic) bond motifs is 12. The average Bonchev–Trinajstić information content (AvgIpc) is 1.58. The van der Waals surface area contributed by atoms with E-state index < -0.39 is 0 Å². The molecule has 6 aromatic heterocycles. The molecule has 0 radical (unpaired) electrons. The SMILES string of the molecule is c1ccc(-c2nc(-c3ccccc3)nc(-c3ccc(-c4ccc(-n5c6ccccc6c6cc(-n7c8ccccc8c8ccccc87)ccc65)cc4)cc3)n2)cc1.c1ccc(-c2nc(-c3ccccc3)nc(-c3cccc(-c4cccc(-n5c6ccccc6c6cc(-n7c8ccccc8c8ccccc87)ccc65)c4)c3)n2)cc1. The van der Waals surface area contributed by atoms with E-state index in [9.17, 15) is 0 Å². The summed E-state index contributed by atoms with van der Waals surface area (Å²) in [5.41, 5.74) is 24.2. The quantitative estimate of drug-likeness (QED) is 0.121. The summed E-state index contributed by atoms with van der Waals surface area (Å²) in [7, 11) is 0. The summed E-state index contributed by atoms with van der Waals surface area (Å²) in [4.78, 5) is 29.5. The summed E-state index contributed by atoms with van der Waals surface area (Å²) < 4.78 is 9.55. The molecule has 0 saturated heterocycles. The van der Waals surface area contributed by atoms with Gasteiger partial charge in [-0.25, -0.2) is 29.9 Å². The number of hydrogen-bond acceptors (Lipinski definition) is 6. The van der Waals surface area contributed by atoms with Gasteiger partial charge in [-0.2, -0.15) is 0 Å². The van der Waals surface area contributed by atoms with E-state index in [1.807, 2.05) is 121 Å². The number of para-hydroxylation sites is 6. The maximum Gasteiger partial charge on any atom is 0.164 e. The molecule has 0 bridgehead atoms. The Labute approximate surface area is 645 Å². The predicted octanol–water partition coefficient (Wildman–Crippen LogP) is 25.5. The zero-order valence-electron chi connectivity index (χ0n) is 60.6. The van der Waals surface area contributed by atoms with Crippen LogP contribution in [0.2, 0.25) is 0 Å². The van der Waals surface area contributed by atoms with Crippen molar-refractivity contribution in [1.29, 1.82) is 0 Å². The minimum absolute atomic E-state index is 0.636. The predicted molar refractivity (Wildman–Crippen MR) is 460 cm³/mol. The lowest BCUT2D eigenvalue weighted by molar-refractivity contribution is 1.07. The monoisotopic (exact) mass is 1430 g/mol. The van der Waals surface area contributed by atoms with Crippen LogP contribution in [0.1, 0.15) is 0 Å². The smallest absolute Gasteiger partial charge is 0.164 e. The van der Waals surface area contributed by atoms with Crippen molar-refractivity contribution < 1.29 is 0 Å². The van der Waals surface area contributed by atoms with E-state index in [1.54, 1.807) is 0 Å². The van der Waals surface area contributed by atoms with Crippen LogP contribution in [0.25, 0.3) is 201 Å². The van der Waals surface area contributed by atoms with Gasteiger partial charge in [-0.3, -0.25) is 0 Å². The van der Waals surface area contributed by atoms with Crippen molar-refractivity contribution >= 4 is 87.2 Å². The van der Waals surface area contributed by atoms with Crippen LogP contribution in [0.5, 0.6) is 0 Å². The Morgan fingerprint density at radius 3 is 0.705 bits per heavy atom. The van der Waals surface area contributed by atoms with Crippen molar-refractivity contribution in [3.8, 4) is 113 Å². The molecule has 0 N–H and O–H groups in total. The van der Waals surface area contributed by atoms with Crippen LogP contribution < -0.4 is 0 Å². The standard InChI is InChI=1S/2C51H33N5/c1-3-15-34(16-4-1)49-52-50(35-17-5-2-6-18-35)54-51(53-49)38-21-13-19-36(31-38)37-20-14-22-39(32-37)55-47-28-12-9-25-43(47)44-33-40(29-30-48(44)55)56-45-26-10-7-23-41(45)42-24-8-11-27-46(42)56;1-3-13-36(14-4-1)49-52-50(37-15-5-2-6-16-37)54-51(53-49)38-25-23-34(24-26-38)35-27-29-39(30-28-35)55-47-22-12-9-19-43(47)44-33-40(31-32-48(44)55)56-45-20-10-7-17-41(45)42-18-8-11-21-46(42)56/h2*1-33H. The van der Waals surface area contributed by atoms with Crippen LogP contribution >= 0.6 is 0 Å². The summed E-state index contributed by atoms with van der Waals surface area (Å²) in [5.74, 6) is 3.89. The molecule has 524 valence electrons. The lowest BCUT2D eigenvalue weighted by Crippen LogP contribution is -2.00. The van der Waals surface area contributed by atoms with Crippen LogP contribution in [0, 0.1) is 0 Å². The first-order chi connectivity index (χ1) is 55.5. The minimum atomic E-state index is 0.636. The van der Waals surface area contributed by atoms with E-state index in [0.717, 1.165) is 83.9 Å². The second-order valence-corrected chi connectivity index (χ2v) is 28.2. The largest absolute Gasteiger partial charge is 0.309 e. The molecular weight excluding hydrogens is 1370 g/mol. The zero-order chi connectivity index (χ0) is 74.0. The van der Waals surface area contributed by atoms with Crippen LogP contribution in [0.3, 0.4) is 0 Å². The zero-order valence-corrected chi connectivity index (χ0v) is 60.6. The summed E-state index contributed by atoms with van der Waals surface area (Å²) in [5, 5.41) is 9.94. The third-order valence-corrected chi connectivity index (χ3v) is 21.5. The van der Waals surface area contributed by atoms with Gasteiger partial charge < -0.3 is 18.3 Å². The van der Waals surface area contributed by atoms with E-state index >= 15 is 0 Å².